The molecule has 0 saturated carbocycles. The van der Waals surface area contributed by atoms with Crippen molar-refractivity contribution in [1.29, 1.82) is 0 Å². The monoisotopic (exact) mass is 456 g/mol. The van der Waals surface area contributed by atoms with Crippen molar-refractivity contribution in [3.8, 4) is 0 Å². The first-order valence-corrected chi connectivity index (χ1v) is 12.1. The molecule has 0 aromatic carbocycles. The third-order valence-corrected chi connectivity index (χ3v) is 7.13. The second kappa shape index (κ2) is 10.3. The minimum absolute atomic E-state index is 0.0245. The SMILES string of the molecule is CCCCCC[C@@H](C)C(=O)C[C@@H]1C2=COC(C3=C(C)C[C@H](O)CC3=O)=CC2=CC(=O)[C@]1(C)O. The van der Waals surface area contributed by atoms with E-state index in [0.29, 0.717) is 28.9 Å². The summed E-state index contributed by atoms with van der Waals surface area (Å²) >= 11 is 0. The zero-order valence-corrected chi connectivity index (χ0v) is 20.1. The molecule has 0 radical (unpaired) electrons. The zero-order valence-electron chi connectivity index (χ0n) is 20.1. The molecule has 2 aliphatic carbocycles. The smallest absolute Gasteiger partial charge is 0.188 e. The molecule has 0 unspecified atom stereocenters. The number of allylic oxidation sites excluding steroid dienone is 3. The van der Waals surface area contributed by atoms with Gasteiger partial charge in [-0.2, -0.15) is 0 Å². The predicted molar refractivity (Wildman–Crippen MR) is 125 cm³/mol. The Labute approximate surface area is 196 Å². The number of hydrogen-bond acceptors (Lipinski definition) is 6. The van der Waals surface area contributed by atoms with Gasteiger partial charge in [0.1, 0.15) is 17.1 Å². The topological polar surface area (TPSA) is 101 Å². The molecule has 6 nitrogen and oxygen atoms in total. The summed E-state index contributed by atoms with van der Waals surface area (Å²) in [5.41, 5.74) is 0.605. The van der Waals surface area contributed by atoms with Crippen LogP contribution < -0.4 is 0 Å². The lowest BCUT2D eigenvalue weighted by molar-refractivity contribution is -0.137. The molecule has 2 N–H and O–H groups in total. The standard InChI is InChI=1S/C27H36O6/c1-5-6-7-8-9-16(2)22(29)14-21-20-15-33-24(11-18(20)12-25(31)27(21,4)32)26-17(3)10-19(28)13-23(26)30/h11-12,15-16,19,21,28,32H,5-10,13-14H2,1-4H3/t16-,19+,21-,27-/m1/s1. The van der Waals surface area contributed by atoms with Crippen LogP contribution in [0.1, 0.15) is 79.1 Å². The van der Waals surface area contributed by atoms with E-state index in [2.05, 4.69) is 6.92 Å². The number of aliphatic hydroxyl groups excluding tert-OH is 1. The van der Waals surface area contributed by atoms with Gasteiger partial charge in [-0.05, 0) is 44.4 Å². The number of fused-ring (bicyclic) bond motifs is 1. The van der Waals surface area contributed by atoms with Gasteiger partial charge in [-0.25, -0.2) is 0 Å². The molecule has 0 spiro atoms. The number of aliphatic hydroxyl groups is 2. The van der Waals surface area contributed by atoms with Gasteiger partial charge >= 0.3 is 0 Å². The highest BCUT2D eigenvalue weighted by Gasteiger charge is 2.46. The van der Waals surface area contributed by atoms with Crippen molar-refractivity contribution in [3.05, 3.63) is 46.5 Å². The maximum absolute atomic E-state index is 13.0. The minimum Gasteiger partial charge on any atom is -0.464 e. The number of ketones is 3. The fourth-order valence-corrected chi connectivity index (χ4v) is 4.93. The predicted octanol–water partition coefficient (Wildman–Crippen LogP) is 4.27. The van der Waals surface area contributed by atoms with E-state index in [4.69, 9.17) is 4.74 Å². The summed E-state index contributed by atoms with van der Waals surface area (Å²) in [6.07, 6.45) is 9.41. The number of carbonyl (C=O) groups is 3. The summed E-state index contributed by atoms with van der Waals surface area (Å²) in [6, 6.07) is 0. The van der Waals surface area contributed by atoms with Crippen LogP contribution in [0.15, 0.2) is 46.5 Å². The second-order valence-electron chi connectivity index (χ2n) is 9.93. The van der Waals surface area contributed by atoms with E-state index in [-0.39, 0.29) is 30.3 Å². The average Bonchev–Trinajstić information content (AvgIpc) is 2.73. The molecule has 180 valence electrons. The molecule has 4 atom stereocenters. The van der Waals surface area contributed by atoms with Crippen LogP contribution in [0, 0.1) is 11.8 Å². The van der Waals surface area contributed by atoms with Crippen molar-refractivity contribution in [2.45, 2.75) is 90.8 Å². The Morgan fingerprint density at radius 2 is 1.94 bits per heavy atom. The molecule has 1 aliphatic heterocycles. The molecule has 1 heterocycles. The van der Waals surface area contributed by atoms with Crippen LogP contribution in [0.4, 0.5) is 0 Å². The number of ether oxygens (including phenoxy) is 1. The molecule has 0 aromatic rings. The first-order chi connectivity index (χ1) is 15.6. The van der Waals surface area contributed by atoms with E-state index in [0.717, 1.165) is 37.7 Å². The van der Waals surface area contributed by atoms with Crippen LogP contribution in [0.2, 0.25) is 0 Å². The number of carbonyl (C=O) groups excluding carboxylic acids is 3. The van der Waals surface area contributed by atoms with Crippen LogP contribution in [0.5, 0.6) is 0 Å². The van der Waals surface area contributed by atoms with Gasteiger partial charge < -0.3 is 14.9 Å². The Balaban J connectivity index is 1.82. The average molecular weight is 457 g/mol. The van der Waals surface area contributed by atoms with E-state index in [9.17, 15) is 24.6 Å². The lowest BCUT2D eigenvalue weighted by Gasteiger charge is -2.38. The van der Waals surface area contributed by atoms with Crippen LogP contribution in [0.25, 0.3) is 0 Å². The summed E-state index contributed by atoms with van der Waals surface area (Å²) in [5, 5.41) is 20.8. The molecular formula is C27H36O6. The van der Waals surface area contributed by atoms with Gasteiger partial charge in [-0.15, -0.1) is 0 Å². The normalized spacial score (nSPS) is 28.5. The molecule has 33 heavy (non-hydrogen) atoms. The fraction of sp³-hybridized carbons (Fsp3) is 0.593. The molecule has 0 bridgehead atoms. The highest BCUT2D eigenvalue weighted by Crippen LogP contribution is 2.43. The van der Waals surface area contributed by atoms with Crippen molar-refractivity contribution >= 4 is 17.3 Å². The van der Waals surface area contributed by atoms with E-state index < -0.39 is 23.4 Å². The van der Waals surface area contributed by atoms with Gasteiger partial charge in [0.2, 0.25) is 0 Å². The van der Waals surface area contributed by atoms with Gasteiger partial charge in [0.15, 0.2) is 11.6 Å². The quantitative estimate of drug-likeness (QED) is 0.503. The van der Waals surface area contributed by atoms with Crippen LogP contribution >= 0.6 is 0 Å². The molecule has 0 fully saturated rings. The molecule has 0 saturated heterocycles. The molecule has 3 rings (SSSR count). The highest BCUT2D eigenvalue weighted by atomic mass is 16.5. The fourth-order valence-electron chi connectivity index (χ4n) is 4.93. The van der Waals surface area contributed by atoms with Gasteiger partial charge in [0.25, 0.3) is 0 Å². The summed E-state index contributed by atoms with van der Waals surface area (Å²) in [7, 11) is 0. The number of hydrogen-bond donors (Lipinski definition) is 2. The third-order valence-electron chi connectivity index (χ3n) is 7.13. The summed E-state index contributed by atoms with van der Waals surface area (Å²) in [5.74, 6) is -1.16. The van der Waals surface area contributed by atoms with Gasteiger partial charge in [0, 0.05) is 30.3 Å². The Morgan fingerprint density at radius 3 is 2.61 bits per heavy atom. The Kier molecular flexibility index (Phi) is 7.91. The number of Topliss-reactive ketones (excluding diaryl/α,β-unsaturated/α-hetero) is 2. The van der Waals surface area contributed by atoms with E-state index in [1.54, 1.807) is 13.0 Å². The van der Waals surface area contributed by atoms with Gasteiger partial charge in [-0.3, -0.25) is 14.4 Å². The minimum atomic E-state index is -1.71. The first kappa shape index (κ1) is 25.3. The Morgan fingerprint density at radius 1 is 1.21 bits per heavy atom. The number of rotatable bonds is 9. The summed E-state index contributed by atoms with van der Waals surface area (Å²) in [6.45, 7) is 7.29. The third kappa shape index (κ3) is 5.44. The van der Waals surface area contributed by atoms with Crippen molar-refractivity contribution in [1.82, 2.24) is 0 Å². The maximum Gasteiger partial charge on any atom is 0.188 e. The van der Waals surface area contributed by atoms with E-state index in [1.807, 2.05) is 6.92 Å². The van der Waals surface area contributed by atoms with Crippen molar-refractivity contribution < 1.29 is 29.3 Å². The van der Waals surface area contributed by atoms with Gasteiger partial charge in [0.05, 0.1) is 17.9 Å². The zero-order chi connectivity index (χ0) is 24.3. The molecule has 3 aliphatic rings. The first-order valence-electron chi connectivity index (χ1n) is 12.1. The lowest BCUT2D eigenvalue weighted by Crippen LogP contribution is -2.47. The largest absolute Gasteiger partial charge is 0.464 e. The molecular weight excluding hydrogens is 420 g/mol. The lowest BCUT2D eigenvalue weighted by atomic mass is 9.69. The molecule has 0 aromatic heterocycles. The van der Waals surface area contributed by atoms with Crippen LogP contribution in [-0.4, -0.2) is 39.3 Å². The van der Waals surface area contributed by atoms with Crippen molar-refractivity contribution in [2.24, 2.45) is 11.8 Å². The van der Waals surface area contributed by atoms with Crippen molar-refractivity contribution in [3.63, 3.8) is 0 Å². The van der Waals surface area contributed by atoms with E-state index in [1.165, 1.54) is 19.3 Å². The Hall–Kier alpha value is -2.31. The van der Waals surface area contributed by atoms with Crippen LogP contribution in [-0.2, 0) is 19.1 Å². The second-order valence-corrected chi connectivity index (χ2v) is 9.93. The highest BCUT2D eigenvalue weighted by molar-refractivity contribution is 6.03. The molecule has 0 amide bonds. The Bertz CT molecular complexity index is 946. The van der Waals surface area contributed by atoms with E-state index >= 15 is 0 Å². The van der Waals surface area contributed by atoms with Crippen molar-refractivity contribution in [2.75, 3.05) is 0 Å². The maximum atomic E-state index is 13.0. The number of unbranched alkanes of at least 4 members (excludes halogenated alkanes) is 3. The van der Waals surface area contributed by atoms with Crippen LogP contribution in [0.3, 0.4) is 0 Å². The summed E-state index contributed by atoms with van der Waals surface area (Å²) in [4.78, 5) is 38.3. The van der Waals surface area contributed by atoms with Gasteiger partial charge in [-0.1, -0.05) is 45.1 Å². The summed E-state index contributed by atoms with van der Waals surface area (Å²) < 4.78 is 5.82. The molecule has 6 heteroatoms.